The maximum Gasteiger partial charge on any atom is 0.223 e. The van der Waals surface area contributed by atoms with Crippen molar-refractivity contribution in [1.82, 2.24) is 24.3 Å². The van der Waals surface area contributed by atoms with Gasteiger partial charge in [-0.2, -0.15) is 0 Å². The maximum absolute atomic E-state index is 12.6. The number of nitrogens with zero attached hydrogens (tertiary/aromatic N) is 5. The van der Waals surface area contributed by atoms with E-state index in [1.54, 1.807) is 12.4 Å². The Bertz CT molecular complexity index is 669. The van der Waals surface area contributed by atoms with Gasteiger partial charge < -0.3 is 9.47 Å². The van der Waals surface area contributed by atoms with E-state index in [4.69, 9.17) is 0 Å². The first-order valence-corrected chi connectivity index (χ1v) is 8.57. The Hall–Kier alpha value is -2.21. The number of carbonyl (C=O) groups is 1. The number of carbonyl (C=O) groups excluding carboxylic acids is 1. The summed E-state index contributed by atoms with van der Waals surface area (Å²) in [6.45, 7) is 5.54. The highest BCUT2D eigenvalue weighted by Gasteiger charge is 2.31. The van der Waals surface area contributed by atoms with Crippen LogP contribution in [0.5, 0.6) is 0 Å². The first-order chi connectivity index (χ1) is 11.7. The van der Waals surface area contributed by atoms with E-state index in [1.165, 1.54) is 0 Å². The van der Waals surface area contributed by atoms with Crippen molar-refractivity contribution < 1.29 is 4.79 Å². The molecule has 2 aromatic rings. The average molecular weight is 327 g/mol. The quantitative estimate of drug-likeness (QED) is 0.838. The molecule has 6 nitrogen and oxygen atoms in total. The predicted octanol–water partition coefficient (Wildman–Crippen LogP) is 1.65. The van der Waals surface area contributed by atoms with Crippen LogP contribution in [0.1, 0.15) is 30.8 Å². The molecule has 3 heterocycles. The van der Waals surface area contributed by atoms with Crippen LogP contribution < -0.4 is 0 Å². The summed E-state index contributed by atoms with van der Waals surface area (Å²) in [5, 5.41) is 0. The van der Waals surface area contributed by atoms with Crippen LogP contribution in [0.4, 0.5) is 0 Å². The van der Waals surface area contributed by atoms with Gasteiger partial charge in [0.25, 0.3) is 0 Å². The molecule has 1 saturated heterocycles. The van der Waals surface area contributed by atoms with Gasteiger partial charge in [0.1, 0.15) is 5.82 Å². The monoisotopic (exact) mass is 327 g/mol. The molecule has 1 aliphatic rings. The van der Waals surface area contributed by atoms with Crippen LogP contribution in [0.25, 0.3) is 0 Å². The fourth-order valence-corrected chi connectivity index (χ4v) is 3.33. The Balaban J connectivity index is 1.64. The van der Waals surface area contributed by atoms with Crippen LogP contribution in [-0.2, 0) is 18.3 Å². The fraction of sp³-hybridized carbons (Fsp3) is 0.500. The van der Waals surface area contributed by atoms with E-state index in [0.717, 1.165) is 37.4 Å². The summed E-state index contributed by atoms with van der Waals surface area (Å²) < 4.78 is 2.05. The number of amides is 1. The van der Waals surface area contributed by atoms with Crippen molar-refractivity contribution in [3.63, 3.8) is 0 Å². The number of rotatable bonds is 5. The number of piperazine rings is 1. The molecule has 0 saturated carbocycles. The Labute approximate surface area is 143 Å². The maximum atomic E-state index is 12.6. The topological polar surface area (TPSA) is 54.3 Å². The van der Waals surface area contributed by atoms with E-state index < -0.39 is 0 Å². The number of imidazole rings is 1. The Morgan fingerprint density at radius 2 is 2.04 bits per heavy atom. The average Bonchev–Trinajstić information content (AvgIpc) is 3.05. The third-order valence-corrected chi connectivity index (χ3v) is 4.78. The largest absolute Gasteiger partial charge is 0.339 e. The molecule has 1 fully saturated rings. The second kappa shape index (κ2) is 7.57. The standard InChI is InChI=1S/C18H25N5O/c1-3-22-12-13-23(14-16(22)18-20-10-11-21(18)2)17(24)5-4-15-6-8-19-9-7-15/h6-11,16H,3-5,12-14H2,1-2H3. The summed E-state index contributed by atoms with van der Waals surface area (Å²) in [4.78, 5) is 25.5. The molecule has 6 heteroatoms. The minimum Gasteiger partial charge on any atom is -0.339 e. The van der Waals surface area contributed by atoms with Crippen LogP contribution in [-0.4, -0.2) is 56.4 Å². The Morgan fingerprint density at radius 1 is 1.25 bits per heavy atom. The van der Waals surface area contributed by atoms with Gasteiger partial charge in [-0.15, -0.1) is 0 Å². The van der Waals surface area contributed by atoms with Crippen LogP contribution in [0, 0.1) is 0 Å². The summed E-state index contributed by atoms with van der Waals surface area (Å²) in [5.74, 6) is 1.25. The van der Waals surface area contributed by atoms with Gasteiger partial charge in [-0.25, -0.2) is 4.98 Å². The van der Waals surface area contributed by atoms with Gasteiger partial charge in [-0.05, 0) is 30.7 Å². The first kappa shape index (κ1) is 16.6. The number of hydrogen-bond donors (Lipinski definition) is 0. The van der Waals surface area contributed by atoms with Gasteiger partial charge in [0.05, 0.1) is 6.04 Å². The van der Waals surface area contributed by atoms with Gasteiger partial charge in [-0.3, -0.25) is 14.7 Å². The molecule has 3 rings (SSSR count). The second-order valence-electron chi connectivity index (χ2n) is 6.24. The highest BCUT2D eigenvalue weighted by atomic mass is 16.2. The minimum atomic E-state index is 0.175. The molecule has 0 spiro atoms. The van der Waals surface area contributed by atoms with E-state index in [9.17, 15) is 4.79 Å². The zero-order valence-electron chi connectivity index (χ0n) is 14.4. The number of aryl methyl sites for hydroxylation is 2. The molecule has 0 bridgehead atoms. The molecule has 0 N–H and O–H groups in total. The third kappa shape index (κ3) is 3.64. The zero-order valence-corrected chi connectivity index (χ0v) is 14.4. The lowest BCUT2D eigenvalue weighted by molar-refractivity contribution is -0.134. The molecular formula is C18H25N5O. The molecule has 24 heavy (non-hydrogen) atoms. The van der Waals surface area contributed by atoms with Crippen LogP contribution in [0.3, 0.4) is 0 Å². The lowest BCUT2D eigenvalue weighted by atomic mass is 10.1. The Morgan fingerprint density at radius 3 is 2.71 bits per heavy atom. The van der Waals surface area contributed by atoms with Crippen molar-refractivity contribution in [2.24, 2.45) is 7.05 Å². The molecule has 128 valence electrons. The number of hydrogen-bond acceptors (Lipinski definition) is 4. The second-order valence-corrected chi connectivity index (χ2v) is 6.24. The molecule has 0 aromatic carbocycles. The lowest BCUT2D eigenvalue weighted by Crippen LogP contribution is -2.51. The van der Waals surface area contributed by atoms with Gasteiger partial charge in [-0.1, -0.05) is 6.92 Å². The first-order valence-electron chi connectivity index (χ1n) is 8.57. The zero-order chi connectivity index (χ0) is 16.9. The van der Waals surface area contributed by atoms with Gasteiger partial charge in [0.2, 0.25) is 5.91 Å². The summed E-state index contributed by atoms with van der Waals surface area (Å²) in [7, 11) is 2.01. The van der Waals surface area contributed by atoms with Crippen molar-refractivity contribution in [3.8, 4) is 0 Å². The predicted molar refractivity (Wildman–Crippen MR) is 92.3 cm³/mol. The molecule has 1 atom stereocenters. The number of pyridine rings is 1. The van der Waals surface area contributed by atoms with Gasteiger partial charge in [0.15, 0.2) is 0 Å². The number of aromatic nitrogens is 3. The molecule has 1 aliphatic heterocycles. The van der Waals surface area contributed by atoms with Crippen molar-refractivity contribution >= 4 is 5.91 Å². The summed E-state index contributed by atoms with van der Waals surface area (Å²) in [6, 6.07) is 4.12. The highest BCUT2D eigenvalue weighted by molar-refractivity contribution is 5.76. The SMILES string of the molecule is CCN1CCN(C(=O)CCc2ccncc2)CC1c1nccn1C. The van der Waals surface area contributed by atoms with Crippen molar-refractivity contribution in [1.29, 1.82) is 0 Å². The molecular weight excluding hydrogens is 302 g/mol. The van der Waals surface area contributed by atoms with Gasteiger partial charge >= 0.3 is 0 Å². The molecule has 0 aliphatic carbocycles. The van der Waals surface area contributed by atoms with E-state index >= 15 is 0 Å². The minimum absolute atomic E-state index is 0.175. The highest BCUT2D eigenvalue weighted by Crippen LogP contribution is 2.24. The number of likely N-dealkylation sites (N-methyl/N-ethyl adjacent to an activating group) is 1. The summed E-state index contributed by atoms with van der Waals surface area (Å²) in [6.07, 6.45) is 8.65. The summed E-state index contributed by atoms with van der Waals surface area (Å²) >= 11 is 0. The van der Waals surface area contributed by atoms with Crippen LogP contribution in [0.15, 0.2) is 36.9 Å². The molecule has 2 aromatic heterocycles. The van der Waals surface area contributed by atoms with Crippen molar-refractivity contribution in [3.05, 3.63) is 48.3 Å². The lowest BCUT2D eigenvalue weighted by Gasteiger charge is -2.40. The summed E-state index contributed by atoms with van der Waals surface area (Å²) in [5.41, 5.74) is 1.16. The Kier molecular flexibility index (Phi) is 5.25. The molecule has 1 amide bonds. The smallest absolute Gasteiger partial charge is 0.223 e. The third-order valence-electron chi connectivity index (χ3n) is 4.78. The van der Waals surface area contributed by atoms with Crippen LogP contribution >= 0.6 is 0 Å². The van der Waals surface area contributed by atoms with E-state index in [0.29, 0.717) is 13.0 Å². The normalized spacial score (nSPS) is 18.8. The molecule has 0 radical (unpaired) electrons. The van der Waals surface area contributed by atoms with Gasteiger partial charge in [0, 0.05) is 57.9 Å². The molecule has 1 unspecified atom stereocenters. The van der Waals surface area contributed by atoms with Crippen LogP contribution in [0.2, 0.25) is 0 Å². The fourth-order valence-electron chi connectivity index (χ4n) is 3.33. The van der Waals surface area contributed by atoms with Crippen molar-refractivity contribution in [2.45, 2.75) is 25.8 Å². The van der Waals surface area contributed by atoms with E-state index in [-0.39, 0.29) is 11.9 Å². The van der Waals surface area contributed by atoms with E-state index in [1.807, 2.05) is 36.5 Å². The van der Waals surface area contributed by atoms with E-state index in [2.05, 4.69) is 26.4 Å². The van der Waals surface area contributed by atoms with Crippen molar-refractivity contribution in [2.75, 3.05) is 26.2 Å².